The van der Waals surface area contributed by atoms with Gasteiger partial charge >= 0.3 is 0 Å². The van der Waals surface area contributed by atoms with Crippen molar-refractivity contribution in [3.05, 3.63) is 47.0 Å². The topological polar surface area (TPSA) is 80.9 Å². The van der Waals surface area contributed by atoms with Crippen LogP contribution in [0.3, 0.4) is 0 Å². The minimum atomic E-state index is -0.641. The van der Waals surface area contributed by atoms with Crippen molar-refractivity contribution >= 4 is 29.1 Å². The van der Waals surface area contributed by atoms with Gasteiger partial charge in [0.05, 0.1) is 5.02 Å². The number of halogens is 2. The lowest BCUT2D eigenvalue weighted by atomic mass is 10.3. The van der Waals surface area contributed by atoms with Crippen molar-refractivity contribution in [1.82, 2.24) is 9.97 Å². The zero-order valence-electron chi connectivity index (χ0n) is 9.02. The van der Waals surface area contributed by atoms with Gasteiger partial charge in [-0.15, -0.1) is 0 Å². The molecule has 5 nitrogen and oxygen atoms in total. The van der Waals surface area contributed by atoms with Crippen molar-refractivity contribution in [3.8, 4) is 0 Å². The molecule has 3 N–H and O–H groups in total. The highest BCUT2D eigenvalue weighted by molar-refractivity contribution is 6.30. The molecule has 0 aromatic carbocycles. The molecule has 0 aliphatic carbocycles. The Labute approximate surface area is 107 Å². The number of hydrogen-bond donors (Lipinski definition) is 2. The SMILES string of the molecule is Nc1nc(NC(=O)c2ccc(Cl)cn2)ccc1F. The van der Waals surface area contributed by atoms with Gasteiger partial charge < -0.3 is 11.1 Å². The van der Waals surface area contributed by atoms with E-state index in [1.807, 2.05) is 0 Å². The van der Waals surface area contributed by atoms with Crippen LogP contribution in [0.15, 0.2) is 30.5 Å². The summed E-state index contributed by atoms with van der Waals surface area (Å²) in [7, 11) is 0. The first-order valence-electron chi connectivity index (χ1n) is 4.91. The van der Waals surface area contributed by atoms with Crippen molar-refractivity contribution in [2.45, 2.75) is 0 Å². The number of rotatable bonds is 2. The molecule has 0 aliphatic rings. The summed E-state index contributed by atoms with van der Waals surface area (Å²) in [5.41, 5.74) is 5.45. The number of carbonyl (C=O) groups is 1. The van der Waals surface area contributed by atoms with E-state index in [4.69, 9.17) is 17.3 Å². The zero-order chi connectivity index (χ0) is 13.1. The Hall–Kier alpha value is -2.21. The van der Waals surface area contributed by atoms with Crippen LogP contribution < -0.4 is 11.1 Å². The quantitative estimate of drug-likeness (QED) is 0.872. The van der Waals surface area contributed by atoms with Gasteiger partial charge in [0, 0.05) is 6.20 Å². The molecule has 0 saturated heterocycles. The summed E-state index contributed by atoms with van der Waals surface area (Å²) >= 11 is 5.65. The molecule has 0 atom stereocenters. The van der Waals surface area contributed by atoms with Gasteiger partial charge in [-0.25, -0.2) is 14.4 Å². The summed E-state index contributed by atoms with van der Waals surface area (Å²) in [6.07, 6.45) is 1.35. The Kier molecular flexibility index (Phi) is 3.38. The van der Waals surface area contributed by atoms with Gasteiger partial charge in [0.2, 0.25) is 0 Å². The van der Waals surface area contributed by atoms with E-state index >= 15 is 0 Å². The molecular weight excluding hydrogens is 259 g/mol. The number of anilines is 2. The van der Waals surface area contributed by atoms with E-state index < -0.39 is 11.7 Å². The average molecular weight is 267 g/mol. The molecule has 7 heteroatoms. The molecule has 0 aliphatic heterocycles. The maximum absolute atomic E-state index is 12.9. The standard InChI is InChI=1S/C11H8ClFN4O/c12-6-1-3-8(15-5-6)11(18)17-9-4-2-7(13)10(14)16-9/h1-5H,(H3,14,16,17,18). The third-order valence-electron chi connectivity index (χ3n) is 2.07. The van der Waals surface area contributed by atoms with E-state index in [1.165, 1.54) is 24.4 Å². The van der Waals surface area contributed by atoms with Crippen molar-refractivity contribution in [2.24, 2.45) is 0 Å². The molecule has 2 aromatic heterocycles. The largest absolute Gasteiger partial charge is 0.381 e. The molecule has 18 heavy (non-hydrogen) atoms. The normalized spacial score (nSPS) is 10.1. The number of nitrogens with two attached hydrogens (primary N) is 1. The minimum absolute atomic E-state index is 0.149. The van der Waals surface area contributed by atoms with Gasteiger partial charge in [-0.2, -0.15) is 0 Å². The second-order valence-electron chi connectivity index (χ2n) is 3.38. The fraction of sp³-hybridized carbons (Fsp3) is 0. The van der Waals surface area contributed by atoms with Crippen LogP contribution in [0.25, 0.3) is 0 Å². The van der Waals surface area contributed by atoms with Crippen molar-refractivity contribution in [3.63, 3.8) is 0 Å². The number of carbonyl (C=O) groups excluding carboxylic acids is 1. The summed E-state index contributed by atoms with van der Waals surface area (Å²) in [5, 5.41) is 2.87. The van der Waals surface area contributed by atoms with Gasteiger partial charge in [0.15, 0.2) is 11.6 Å². The smallest absolute Gasteiger partial charge is 0.275 e. The Morgan fingerprint density at radius 1 is 1.33 bits per heavy atom. The van der Waals surface area contributed by atoms with E-state index in [1.54, 1.807) is 0 Å². The highest BCUT2D eigenvalue weighted by Crippen LogP contribution is 2.12. The van der Waals surface area contributed by atoms with E-state index in [2.05, 4.69) is 15.3 Å². The summed E-state index contributed by atoms with van der Waals surface area (Å²) < 4.78 is 12.9. The lowest BCUT2D eigenvalue weighted by Gasteiger charge is -2.04. The van der Waals surface area contributed by atoms with Crippen LogP contribution in [0, 0.1) is 5.82 Å². The average Bonchev–Trinajstić information content (AvgIpc) is 2.34. The van der Waals surface area contributed by atoms with Crippen LogP contribution in [0.5, 0.6) is 0 Å². The fourth-order valence-corrected chi connectivity index (χ4v) is 1.33. The summed E-state index contributed by atoms with van der Waals surface area (Å²) in [4.78, 5) is 19.2. The lowest BCUT2D eigenvalue weighted by Crippen LogP contribution is -2.15. The van der Waals surface area contributed by atoms with Gasteiger partial charge in [-0.3, -0.25) is 4.79 Å². The molecule has 0 bridgehead atoms. The molecule has 2 aromatic rings. The monoisotopic (exact) mass is 266 g/mol. The van der Waals surface area contributed by atoms with Crippen LogP contribution in [-0.2, 0) is 0 Å². The zero-order valence-corrected chi connectivity index (χ0v) is 9.78. The summed E-state index contributed by atoms with van der Waals surface area (Å²) in [5.74, 6) is -1.25. The summed E-state index contributed by atoms with van der Waals surface area (Å²) in [6.45, 7) is 0. The second-order valence-corrected chi connectivity index (χ2v) is 3.82. The number of pyridine rings is 2. The highest BCUT2D eigenvalue weighted by Gasteiger charge is 2.09. The van der Waals surface area contributed by atoms with Crippen molar-refractivity contribution in [2.75, 3.05) is 11.1 Å². The number of aromatic nitrogens is 2. The van der Waals surface area contributed by atoms with Gasteiger partial charge in [-0.1, -0.05) is 11.6 Å². The molecule has 92 valence electrons. The van der Waals surface area contributed by atoms with E-state index in [0.29, 0.717) is 5.02 Å². The molecule has 0 unspecified atom stereocenters. The maximum atomic E-state index is 12.9. The number of nitrogens with one attached hydrogen (secondary N) is 1. The molecular formula is C11H8ClFN4O. The first kappa shape index (κ1) is 12.3. The number of nitrogens with zero attached hydrogens (tertiary/aromatic N) is 2. The molecule has 0 spiro atoms. The number of hydrogen-bond acceptors (Lipinski definition) is 4. The third-order valence-corrected chi connectivity index (χ3v) is 2.30. The Morgan fingerprint density at radius 3 is 2.72 bits per heavy atom. The minimum Gasteiger partial charge on any atom is -0.381 e. The molecule has 0 radical (unpaired) electrons. The van der Waals surface area contributed by atoms with Crippen LogP contribution in [0.2, 0.25) is 5.02 Å². The van der Waals surface area contributed by atoms with Gasteiger partial charge in [0.25, 0.3) is 5.91 Å². The lowest BCUT2D eigenvalue weighted by molar-refractivity contribution is 0.102. The van der Waals surface area contributed by atoms with E-state index in [0.717, 1.165) is 6.07 Å². The van der Waals surface area contributed by atoms with Crippen LogP contribution >= 0.6 is 11.6 Å². The fourth-order valence-electron chi connectivity index (χ4n) is 1.22. The van der Waals surface area contributed by atoms with Crippen molar-refractivity contribution < 1.29 is 9.18 Å². The predicted octanol–water partition coefficient (Wildman–Crippen LogP) is 2.10. The van der Waals surface area contributed by atoms with Crippen molar-refractivity contribution in [1.29, 1.82) is 0 Å². The third kappa shape index (κ3) is 2.72. The Morgan fingerprint density at radius 2 is 2.11 bits per heavy atom. The summed E-state index contributed by atoms with van der Waals surface area (Å²) in [6, 6.07) is 5.42. The van der Waals surface area contributed by atoms with E-state index in [-0.39, 0.29) is 17.3 Å². The van der Waals surface area contributed by atoms with Crippen LogP contribution in [0.1, 0.15) is 10.5 Å². The maximum Gasteiger partial charge on any atom is 0.275 e. The van der Waals surface area contributed by atoms with Crippen LogP contribution in [0.4, 0.5) is 16.0 Å². The number of amides is 1. The first-order chi connectivity index (χ1) is 8.56. The predicted molar refractivity (Wildman–Crippen MR) is 65.8 cm³/mol. The van der Waals surface area contributed by atoms with Crippen LogP contribution in [-0.4, -0.2) is 15.9 Å². The molecule has 1 amide bonds. The molecule has 0 saturated carbocycles. The molecule has 2 heterocycles. The second kappa shape index (κ2) is 4.97. The highest BCUT2D eigenvalue weighted by atomic mass is 35.5. The Balaban J connectivity index is 2.16. The van der Waals surface area contributed by atoms with E-state index in [9.17, 15) is 9.18 Å². The Bertz CT molecular complexity index is 588. The first-order valence-corrected chi connectivity index (χ1v) is 5.29. The molecule has 0 fully saturated rings. The number of nitrogen functional groups attached to an aromatic ring is 1. The molecule has 2 rings (SSSR count). The van der Waals surface area contributed by atoms with Gasteiger partial charge in [0.1, 0.15) is 11.5 Å². The van der Waals surface area contributed by atoms with Gasteiger partial charge in [-0.05, 0) is 24.3 Å².